The molecule has 0 bridgehead atoms. The summed E-state index contributed by atoms with van der Waals surface area (Å²) in [6.45, 7) is 2.01. The van der Waals surface area contributed by atoms with Crippen molar-refractivity contribution in [2.45, 2.75) is 25.7 Å². The van der Waals surface area contributed by atoms with Crippen LogP contribution in [0.4, 0.5) is 0 Å². The second-order valence-corrected chi connectivity index (χ2v) is 4.13. The standard InChI is InChI=1S/C13H18N2O/c16-12-6-3-11(4-7-12)5-8-13-14-9-1-2-10-15-13/h3-4,6-7,16H,1-2,5,8-10H2,(H,14,15). The van der Waals surface area contributed by atoms with Crippen LogP contribution in [0.5, 0.6) is 5.75 Å². The van der Waals surface area contributed by atoms with Gasteiger partial charge in [0.2, 0.25) is 0 Å². The highest BCUT2D eigenvalue weighted by Crippen LogP contribution is 2.11. The van der Waals surface area contributed by atoms with Gasteiger partial charge in [0, 0.05) is 19.5 Å². The maximum absolute atomic E-state index is 9.17. The van der Waals surface area contributed by atoms with Crippen LogP contribution >= 0.6 is 0 Å². The first-order valence-electron chi connectivity index (χ1n) is 5.90. The van der Waals surface area contributed by atoms with Crippen molar-refractivity contribution in [3.8, 4) is 5.75 Å². The molecule has 86 valence electrons. The predicted octanol–water partition coefficient (Wildman–Crippen LogP) is 2.11. The molecule has 1 aromatic carbocycles. The lowest BCUT2D eigenvalue weighted by Crippen LogP contribution is -2.23. The Morgan fingerprint density at radius 1 is 1.12 bits per heavy atom. The lowest BCUT2D eigenvalue weighted by Gasteiger charge is -2.06. The molecular weight excluding hydrogens is 200 g/mol. The van der Waals surface area contributed by atoms with Crippen LogP contribution in [0.2, 0.25) is 0 Å². The van der Waals surface area contributed by atoms with Gasteiger partial charge in [0.25, 0.3) is 0 Å². The zero-order chi connectivity index (χ0) is 11.2. The quantitative estimate of drug-likeness (QED) is 0.816. The van der Waals surface area contributed by atoms with Gasteiger partial charge in [0.1, 0.15) is 5.75 Å². The highest BCUT2D eigenvalue weighted by Gasteiger charge is 2.03. The third kappa shape index (κ3) is 3.26. The van der Waals surface area contributed by atoms with Crippen LogP contribution in [0.3, 0.4) is 0 Å². The van der Waals surface area contributed by atoms with Crippen molar-refractivity contribution in [2.75, 3.05) is 13.1 Å². The summed E-state index contributed by atoms with van der Waals surface area (Å²) in [6, 6.07) is 7.40. The summed E-state index contributed by atoms with van der Waals surface area (Å²) >= 11 is 0. The molecular formula is C13H18N2O. The summed E-state index contributed by atoms with van der Waals surface area (Å²) in [5.41, 5.74) is 1.24. The monoisotopic (exact) mass is 218 g/mol. The zero-order valence-electron chi connectivity index (χ0n) is 9.45. The average molecular weight is 218 g/mol. The number of rotatable bonds is 3. The number of aryl methyl sites for hydroxylation is 1. The minimum absolute atomic E-state index is 0.327. The molecule has 0 fully saturated rings. The molecule has 3 nitrogen and oxygen atoms in total. The molecule has 2 N–H and O–H groups in total. The molecule has 16 heavy (non-hydrogen) atoms. The summed E-state index contributed by atoms with van der Waals surface area (Å²) in [4.78, 5) is 4.51. The van der Waals surface area contributed by atoms with Crippen LogP contribution in [0.15, 0.2) is 29.3 Å². The van der Waals surface area contributed by atoms with Gasteiger partial charge < -0.3 is 10.4 Å². The minimum atomic E-state index is 0.327. The second-order valence-electron chi connectivity index (χ2n) is 4.13. The first-order chi connectivity index (χ1) is 7.84. The molecule has 0 unspecified atom stereocenters. The van der Waals surface area contributed by atoms with Crippen molar-refractivity contribution in [1.82, 2.24) is 5.32 Å². The van der Waals surface area contributed by atoms with Gasteiger partial charge in [0.05, 0.1) is 5.84 Å². The Hall–Kier alpha value is -1.51. The molecule has 3 heteroatoms. The van der Waals surface area contributed by atoms with Crippen molar-refractivity contribution in [2.24, 2.45) is 4.99 Å². The molecule has 0 aromatic heterocycles. The van der Waals surface area contributed by atoms with Gasteiger partial charge in [-0.15, -0.1) is 0 Å². The average Bonchev–Trinajstić information content (AvgIpc) is 2.57. The topological polar surface area (TPSA) is 44.6 Å². The molecule has 0 saturated heterocycles. The lowest BCUT2D eigenvalue weighted by atomic mass is 10.1. The third-order valence-electron chi connectivity index (χ3n) is 2.80. The van der Waals surface area contributed by atoms with E-state index in [-0.39, 0.29) is 0 Å². The van der Waals surface area contributed by atoms with Crippen LogP contribution in [-0.4, -0.2) is 24.0 Å². The number of phenolic OH excluding ortho intramolecular Hbond substituents is 1. The van der Waals surface area contributed by atoms with Crippen molar-refractivity contribution >= 4 is 5.84 Å². The summed E-state index contributed by atoms with van der Waals surface area (Å²) in [5, 5.41) is 12.5. The van der Waals surface area contributed by atoms with E-state index in [4.69, 9.17) is 0 Å². The Labute approximate surface area is 96.2 Å². The van der Waals surface area contributed by atoms with Crippen molar-refractivity contribution in [3.05, 3.63) is 29.8 Å². The van der Waals surface area contributed by atoms with Gasteiger partial charge in [0.15, 0.2) is 0 Å². The van der Waals surface area contributed by atoms with Crippen molar-refractivity contribution in [1.29, 1.82) is 0 Å². The van der Waals surface area contributed by atoms with Crippen LogP contribution in [-0.2, 0) is 6.42 Å². The van der Waals surface area contributed by atoms with Crippen LogP contribution in [0.25, 0.3) is 0 Å². The molecule has 1 aromatic rings. The zero-order valence-corrected chi connectivity index (χ0v) is 9.45. The van der Waals surface area contributed by atoms with Gasteiger partial charge in [-0.2, -0.15) is 0 Å². The summed E-state index contributed by atoms with van der Waals surface area (Å²) in [6.07, 6.45) is 4.35. The Balaban J connectivity index is 1.86. The predicted molar refractivity (Wildman–Crippen MR) is 66.0 cm³/mol. The maximum atomic E-state index is 9.17. The first-order valence-corrected chi connectivity index (χ1v) is 5.90. The fraction of sp³-hybridized carbons (Fsp3) is 0.462. The molecule has 1 heterocycles. The van der Waals surface area contributed by atoms with Gasteiger partial charge >= 0.3 is 0 Å². The Morgan fingerprint density at radius 2 is 1.94 bits per heavy atom. The Bertz CT molecular complexity index is 357. The van der Waals surface area contributed by atoms with E-state index in [1.165, 1.54) is 18.4 Å². The number of hydrogen-bond acceptors (Lipinski definition) is 3. The van der Waals surface area contributed by atoms with Gasteiger partial charge in [-0.25, -0.2) is 0 Å². The van der Waals surface area contributed by atoms with E-state index in [0.717, 1.165) is 31.8 Å². The SMILES string of the molecule is Oc1ccc(CCC2=NCCCCN2)cc1. The van der Waals surface area contributed by atoms with Crippen LogP contribution in [0, 0.1) is 0 Å². The van der Waals surface area contributed by atoms with Gasteiger partial charge in [-0.1, -0.05) is 12.1 Å². The normalized spacial score (nSPS) is 16.1. The number of benzene rings is 1. The number of nitrogens with zero attached hydrogens (tertiary/aromatic N) is 1. The van der Waals surface area contributed by atoms with E-state index >= 15 is 0 Å². The summed E-state index contributed by atoms with van der Waals surface area (Å²) in [7, 11) is 0. The molecule has 0 spiro atoms. The Morgan fingerprint density at radius 3 is 2.75 bits per heavy atom. The largest absolute Gasteiger partial charge is 0.508 e. The van der Waals surface area contributed by atoms with E-state index < -0.39 is 0 Å². The molecule has 0 saturated carbocycles. The molecule has 0 amide bonds. The van der Waals surface area contributed by atoms with Gasteiger partial charge in [-0.05, 0) is 37.0 Å². The Kier molecular flexibility index (Phi) is 3.81. The molecule has 0 atom stereocenters. The number of amidine groups is 1. The van der Waals surface area contributed by atoms with Crippen molar-refractivity contribution < 1.29 is 5.11 Å². The highest BCUT2D eigenvalue weighted by atomic mass is 16.3. The maximum Gasteiger partial charge on any atom is 0.115 e. The number of aromatic hydroxyl groups is 1. The van der Waals surface area contributed by atoms with Crippen LogP contribution < -0.4 is 5.32 Å². The fourth-order valence-electron chi connectivity index (χ4n) is 1.83. The minimum Gasteiger partial charge on any atom is -0.508 e. The number of aliphatic imine (C=N–C) groups is 1. The van der Waals surface area contributed by atoms with E-state index in [9.17, 15) is 5.11 Å². The van der Waals surface area contributed by atoms with E-state index in [1.807, 2.05) is 12.1 Å². The highest BCUT2D eigenvalue weighted by molar-refractivity contribution is 5.82. The van der Waals surface area contributed by atoms with Gasteiger partial charge in [-0.3, -0.25) is 4.99 Å². The molecule has 1 aliphatic rings. The van der Waals surface area contributed by atoms with E-state index in [1.54, 1.807) is 12.1 Å². The summed E-state index contributed by atoms with van der Waals surface area (Å²) in [5.74, 6) is 1.46. The van der Waals surface area contributed by atoms with Crippen molar-refractivity contribution in [3.63, 3.8) is 0 Å². The molecule has 0 aliphatic carbocycles. The lowest BCUT2D eigenvalue weighted by molar-refractivity contribution is 0.475. The molecule has 1 aliphatic heterocycles. The first kappa shape index (κ1) is 11.0. The molecule has 0 radical (unpaired) electrons. The van der Waals surface area contributed by atoms with E-state index in [0.29, 0.717) is 5.75 Å². The summed E-state index contributed by atoms with van der Waals surface area (Å²) < 4.78 is 0. The molecule has 2 rings (SSSR count). The van der Waals surface area contributed by atoms with Crippen LogP contribution in [0.1, 0.15) is 24.8 Å². The second kappa shape index (κ2) is 5.54. The number of hydrogen-bond donors (Lipinski definition) is 2. The smallest absolute Gasteiger partial charge is 0.115 e. The number of nitrogens with one attached hydrogen (secondary N) is 1. The van der Waals surface area contributed by atoms with E-state index in [2.05, 4.69) is 10.3 Å². The third-order valence-corrected chi connectivity index (χ3v) is 2.80. The fourth-order valence-corrected chi connectivity index (χ4v) is 1.83. The number of phenols is 1.